The van der Waals surface area contributed by atoms with Crippen molar-refractivity contribution >= 4 is 5.96 Å². The van der Waals surface area contributed by atoms with Crippen molar-refractivity contribution in [2.75, 3.05) is 66.7 Å². The minimum Gasteiger partial charge on any atom is -0.385 e. The second kappa shape index (κ2) is 16.0. The van der Waals surface area contributed by atoms with E-state index in [1.807, 2.05) is 0 Å². The molecule has 0 aliphatic rings. The van der Waals surface area contributed by atoms with Gasteiger partial charge in [0.15, 0.2) is 5.96 Å². The van der Waals surface area contributed by atoms with E-state index in [1.54, 1.807) is 7.11 Å². The SMILES string of the molecule is CCNC(=NCCN(C)CCCOC)NCCOCCC(C)C. The van der Waals surface area contributed by atoms with Gasteiger partial charge in [-0.3, -0.25) is 4.99 Å². The van der Waals surface area contributed by atoms with Gasteiger partial charge in [0.25, 0.3) is 0 Å². The average Bonchev–Trinajstić information content (AvgIpc) is 2.50. The molecule has 0 bridgehead atoms. The highest BCUT2D eigenvalue weighted by Gasteiger charge is 2.00. The van der Waals surface area contributed by atoms with Gasteiger partial charge in [-0.05, 0) is 32.7 Å². The summed E-state index contributed by atoms with van der Waals surface area (Å²) in [5, 5.41) is 6.57. The van der Waals surface area contributed by atoms with E-state index in [-0.39, 0.29) is 0 Å². The maximum absolute atomic E-state index is 5.61. The molecule has 23 heavy (non-hydrogen) atoms. The minimum absolute atomic E-state index is 0.697. The lowest BCUT2D eigenvalue weighted by atomic mass is 10.1. The quantitative estimate of drug-likeness (QED) is 0.288. The van der Waals surface area contributed by atoms with Crippen LogP contribution in [-0.4, -0.2) is 77.6 Å². The number of methoxy groups -OCH3 is 1. The molecule has 0 aliphatic carbocycles. The summed E-state index contributed by atoms with van der Waals surface area (Å²) in [5.41, 5.74) is 0. The molecule has 0 atom stereocenters. The van der Waals surface area contributed by atoms with Gasteiger partial charge in [-0.15, -0.1) is 0 Å². The zero-order valence-corrected chi connectivity index (χ0v) is 15.9. The Hall–Kier alpha value is -0.850. The van der Waals surface area contributed by atoms with Crippen molar-refractivity contribution in [1.82, 2.24) is 15.5 Å². The third-order valence-corrected chi connectivity index (χ3v) is 3.36. The highest BCUT2D eigenvalue weighted by atomic mass is 16.5. The maximum atomic E-state index is 5.61. The van der Waals surface area contributed by atoms with E-state index >= 15 is 0 Å². The molecule has 0 radical (unpaired) electrons. The van der Waals surface area contributed by atoms with E-state index in [0.29, 0.717) is 12.5 Å². The molecule has 0 aromatic rings. The molecule has 0 saturated heterocycles. The summed E-state index contributed by atoms with van der Waals surface area (Å²) in [4.78, 5) is 6.87. The van der Waals surface area contributed by atoms with E-state index in [0.717, 1.165) is 64.7 Å². The van der Waals surface area contributed by atoms with Crippen molar-refractivity contribution < 1.29 is 9.47 Å². The van der Waals surface area contributed by atoms with E-state index in [1.165, 1.54) is 0 Å². The standard InChI is InChI=1S/C17H38N4O2/c1-6-18-17(20-10-15-23-14-8-16(2)3)19-9-12-21(4)11-7-13-22-5/h16H,6-15H2,1-5H3,(H2,18,19,20). The first-order valence-corrected chi connectivity index (χ1v) is 8.87. The van der Waals surface area contributed by atoms with Crippen LogP contribution in [0.5, 0.6) is 0 Å². The summed E-state index contributed by atoms with van der Waals surface area (Å²) >= 11 is 0. The Morgan fingerprint density at radius 1 is 1.13 bits per heavy atom. The Bertz CT molecular complexity index is 286. The lowest BCUT2D eigenvalue weighted by Crippen LogP contribution is -2.39. The van der Waals surface area contributed by atoms with Gasteiger partial charge in [-0.1, -0.05) is 13.8 Å². The summed E-state index contributed by atoms with van der Waals surface area (Å²) in [6, 6.07) is 0. The fraction of sp³-hybridized carbons (Fsp3) is 0.941. The highest BCUT2D eigenvalue weighted by molar-refractivity contribution is 5.79. The first-order chi connectivity index (χ1) is 11.1. The number of hydrogen-bond donors (Lipinski definition) is 2. The van der Waals surface area contributed by atoms with Crippen LogP contribution in [-0.2, 0) is 9.47 Å². The molecular formula is C17H38N4O2. The van der Waals surface area contributed by atoms with Crippen molar-refractivity contribution in [3.63, 3.8) is 0 Å². The molecule has 0 aromatic heterocycles. The summed E-state index contributed by atoms with van der Waals surface area (Å²) in [5.74, 6) is 1.56. The lowest BCUT2D eigenvalue weighted by Gasteiger charge is -2.16. The van der Waals surface area contributed by atoms with Crippen molar-refractivity contribution in [1.29, 1.82) is 0 Å². The van der Waals surface area contributed by atoms with Crippen LogP contribution in [0.25, 0.3) is 0 Å². The smallest absolute Gasteiger partial charge is 0.191 e. The molecule has 2 N–H and O–H groups in total. The van der Waals surface area contributed by atoms with Crippen LogP contribution in [0.2, 0.25) is 0 Å². The fourth-order valence-electron chi connectivity index (χ4n) is 1.93. The van der Waals surface area contributed by atoms with Gasteiger partial charge in [-0.2, -0.15) is 0 Å². The Balaban J connectivity index is 3.81. The van der Waals surface area contributed by atoms with E-state index in [2.05, 4.69) is 48.3 Å². The second-order valence-corrected chi connectivity index (χ2v) is 6.13. The van der Waals surface area contributed by atoms with Gasteiger partial charge in [-0.25, -0.2) is 0 Å². The Morgan fingerprint density at radius 3 is 2.57 bits per heavy atom. The third kappa shape index (κ3) is 15.8. The molecule has 0 rings (SSSR count). The number of rotatable bonds is 14. The topological polar surface area (TPSA) is 58.1 Å². The van der Waals surface area contributed by atoms with E-state index in [4.69, 9.17) is 9.47 Å². The van der Waals surface area contributed by atoms with Gasteiger partial charge in [0, 0.05) is 46.5 Å². The fourth-order valence-corrected chi connectivity index (χ4v) is 1.93. The molecule has 0 fully saturated rings. The Labute approximate surface area is 143 Å². The molecule has 6 nitrogen and oxygen atoms in total. The first kappa shape index (κ1) is 22.1. The summed E-state index contributed by atoms with van der Waals surface area (Å²) in [7, 11) is 3.86. The molecule has 0 heterocycles. The number of guanidine groups is 1. The maximum Gasteiger partial charge on any atom is 0.191 e. The number of nitrogens with zero attached hydrogens (tertiary/aromatic N) is 2. The van der Waals surface area contributed by atoms with Gasteiger partial charge in [0.05, 0.1) is 13.2 Å². The van der Waals surface area contributed by atoms with Crippen LogP contribution in [0.4, 0.5) is 0 Å². The number of ether oxygens (including phenoxy) is 2. The van der Waals surface area contributed by atoms with E-state index in [9.17, 15) is 0 Å². The summed E-state index contributed by atoms with van der Waals surface area (Å²) in [6.45, 7) is 13.3. The number of likely N-dealkylation sites (N-methyl/N-ethyl adjacent to an activating group) is 1. The number of aliphatic imine (C=N–C) groups is 1. The average molecular weight is 331 g/mol. The third-order valence-electron chi connectivity index (χ3n) is 3.36. The van der Waals surface area contributed by atoms with Gasteiger partial charge < -0.3 is 25.0 Å². The van der Waals surface area contributed by atoms with Crippen molar-refractivity contribution in [2.24, 2.45) is 10.9 Å². The zero-order chi connectivity index (χ0) is 17.3. The van der Waals surface area contributed by atoms with Crippen LogP contribution in [0.1, 0.15) is 33.6 Å². The molecule has 0 aromatic carbocycles. The zero-order valence-electron chi connectivity index (χ0n) is 15.9. The van der Waals surface area contributed by atoms with Crippen LogP contribution < -0.4 is 10.6 Å². The highest BCUT2D eigenvalue weighted by Crippen LogP contribution is 1.98. The molecule has 0 spiro atoms. The van der Waals surface area contributed by atoms with Crippen LogP contribution >= 0.6 is 0 Å². The predicted molar refractivity (Wildman–Crippen MR) is 98.2 cm³/mol. The van der Waals surface area contributed by atoms with Crippen molar-refractivity contribution in [3.05, 3.63) is 0 Å². The predicted octanol–water partition coefficient (Wildman–Crippen LogP) is 1.57. The van der Waals surface area contributed by atoms with Crippen LogP contribution in [0, 0.1) is 5.92 Å². The second-order valence-electron chi connectivity index (χ2n) is 6.13. The molecule has 138 valence electrons. The summed E-state index contributed by atoms with van der Waals surface area (Å²) < 4.78 is 10.7. The lowest BCUT2D eigenvalue weighted by molar-refractivity contribution is 0.128. The number of hydrogen-bond acceptors (Lipinski definition) is 4. The largest absolute Gasteiger partial charge is 0.385 e. The van der Waals surface area contributed by atoms with Gasteiger partial charge in [0.2, 0.25) is 0 Å². The monoisotopic (exact) mass is 330 g/mol. The van der Waals surface area contributed by atoms with Crippen LogP contribution in [0.15, 0.2) is 4.99 Å². The molecule has 0 amide bonds. The Morgan fingerprint density at radius 2 is 1.91 bits per heavy atom. The normalized spacial score (nSPS) is 12.2. The molecule has 0 saturated carbocycles. The Kier molecular flexibility index (Phi) is 15.4. The van der Waals surface area contributed by atoms with Crippen molar-refractivity contribution in [2.45, 2.75) is 33.6 Å². The molecular weight excluding hydrogens is 292 g/mol. The van der Waals surface area contributed by atoms with Gasteiger partial charge in [0.1, 0.15) is 0 Å². The van der Waals surface area contributed by atoms with Gasteiger partial charge >= 0.3 is 0 Å². The number of nitrogens with one attached hydrogen (secondary N) is 2. The molecule has 0 aliphatic heterocycles. The first-order valence-electron chi connectivity index (χ1n) is 8.87. The van der Waals surface area contributed by atoms with Crippen molar-refractivity contribution in [3.8, 4) is 0 Å². The van der Waals surface area contributed by atoms with E-state index < -0.39 is 0 Å². The minimum atomic E-state index is 0.697. The summed E-state index contributed by atoms with van der Waals surface area (Å²) in [6.07, 6.45) is 2.17. The molecule has 0 unspecified atom stereocenters. The van der Waals surface area contributed by atoms with Crippen LogP contribution in [0.3, 0.4) is 0 Å². The molecule has 6 heteroatoms.